The molecule has 7 nitrogen and oxygen atoms in total. The standard InChI is InChI=1S/C19H23F3N4O3/c1-12(2)10-26-16(13-4-6-14(7-5-13)19(20,21)22)23-24-18(26)25-8-9-29-15(11-25)17(27)28-3/h4-7,12,15H,8-11H2,1-3H3. The van der Waals surface area contributed by atoms with Gasteiger partial charge in [0.25, 0.3) is 0 Å². The highest BCUT2D eigenvalue weighted by Crippen LogP contribution is 2.31. The molecule has 1 fully saturated rings. The number of hydrogen-bond acceptors (Lipinski definition) is 6. The molecule has 10 heteroatoms. The van der Waals surface area contributed by atoms with Crippen molar-refractivity contribution in [2.75, 3.05) is 31.7 Å². The number of carbonyl (C=O) groups is 1. The summed E-state index contributed by atoms with van der Waals surface area (Å²) in [6.45, 7) is 5.71. The van der Waals surface area contributed by atoms with Gasteiger partial charge in [-0.3, -0.25) is 4.57 Å². The van der Waals surface area contributed by atoms with Gasteiger partial charge in [-0.1, -0.05) is 26.0 Å². The second-order valence-electron chi connectivity index (χ2n) is 7.23. The normalized spacial score (nSPS) is 17.6. The van der Waals surface area contributed by atoms with E-state index < -0.39 is 23.8 Å². The number of morpholine rings is 1. The third-order valence-corrected chi connectivity index (χ3v) is 4.56. The molecule has 1 atom stereocenters. The summed E-state index contributed by atoms with van der Waals surface area (Å²) in [7, 11) is 1.30. The van der Waals surface area contributed by atoms with E-state index >= 15 is 0 Å². The molecule has 1 aromatic heterocycles. The zero-order valence-electron chi connectivity index (χ0n) is 16.4. The average Bonchev–Trinajstić information content (AvgIpc) is 3.09. The number of rotatable bonds is 5. The summed E-state index contributed by atoms with van der Waals surface area (Å²) < 4.78 is 50.7. The van der Waals surface area contributed by atoms with Crippen molar-refractivity contribution in [2.45, 2.75) is 32.7 Å². The lowest BCUT2D eigenvalue weighted by atomic mass is 10.1. The molecule has 0 spiro atoms. The van der Waals surface area contributed by atoms with Crippen molar-refractivity contribution in [3.63, 3.8) is 0 Å². The van der Waals surface area contributed by atoms with Gasteiger partial charge in [-0.2, -0.15) is 13.2 Å². The molecule has 2 heterocycles. The molecule has 1 unspecified atom stereocenters. The van der Waals surface area contributed by atoms with E-state index in [9.17, 15) is 18.0 Å². The van der Waals surface area contributed by atoms with Crippen LogP contribution < -0.4 is 4.90 Å². The first-order chi connectivity index (χ1) is 13.7. The highest BCUT2D eigenvalue weighted by molar-refractivity contribution is 5.75. The first-order valence-corrected chi connectivity index (χ1v) is 9.26. The number of alkyl halides is 3. The maximum absolute atomic E-state index is 12.9. The Morgan fingerprint density at radius 2 is 1.97 bits per heavy atom. The van der Waals surface area contributed by atoms with Crippen molar-refractivity contribution < 1.29 is 27.4 Å². The number of anilines is 1. The molecule has 0 N–H and O–H groups in total. The van der Waals surface area contributed by atoms with Gasteiger partial charge in [0.15, 0.2) is 11.9 Å². The van der Waals surface area contributed by atoms with Crippen LogP contribution in [0.25, 0.3) is 11.4 Å². The van der Waals surface area contributed by atoms with Gasteiger partial charge >= 0.3 is 12.1 Å². The number of hydrogen-bond donors (Lipinski definition) is 0. The van der Waals surface area contributed by atoms with Crippen LogP contribution in [0.4, 0.5) is 19.1 Å². The molecule has 0 radical (unpaired) electrons. The SMILES string of the molecule is COC(=O)C1CN(c2nnc(-c3ccc(C(F)(F)F)cc3)n2CC(C)C)CCO1. The van der Waals surface area contributed by atoms with E-state index in [-0.39, 0.29) is 12.5 Å². The van der Waals surface area contributed by atoms with Crippen LogP contribution in [0.15, 0.2) is 24.3 Å². The zero-order valence-corrected chi connectivity index (χ0v) is 16.4. The number of esters is 1. The lowest BCUT2D eigenvalue weighted by molar-refractivity contribution is -0.154. The van der Waals surface area contributed by atoms with Crippen LogP contribution in [0, 0.1) is 5.92 Å². The monoisotopic (exact) mass is 412 g/mol. The van der Waals surface area contributed by atoms with Crippen LogP contribution in [-0.4, -0.2) is 53.6 Å². The van der Waals surface area contributed by atoms with Gasteiger partial charge in [-0.15, -0.1) is 10.2 Å². The van der Waals surface area contributed by atoms with Gasteiger partial charge in [0, 0.05) is 18.7 Å². The minimum Gasteiger partial charge on any atom is -0.467 e. The van der Waals surface area contributed by atoms with E-state index in [2.05, 4.69) is 10.2 Å². The minimum absolute atomic E-state index is 0.246. The van der Waals surface area contributed by atoms with Gasteiger partial charge in [0.2, 0.25) is 5.95 Å². The second kappa shape index (κ2) is 8.40. The third-order valence-electron chi connectivity index (χ3n) is 4.56. The van der Waals surface area contributed by atoms with E-state index in [0.29, 0.717) is 37.0 Å². The van der Waals surface area contributed by atoms with Crippen molar-refractivity contribution in [1.29, 1.82) is 0 Å². The Labute approximate surface area is 166 Å². The Balaban J connectivity index is 1.94. The van der Waals surface area contributed by atoms with Crippen molar-refractivity contribution in [3.05, 3.63) is 29.8 Å². The Bertz CT molecular complexity index is 849. The first-order valence-electron chi connectivity index (χ1n) is 9.26. The summed E-state index contributed by atoms with van der Waals surface area (Å²) in [4.78, 5) is 13.7. The molecule has 1 aliphatic rings. The molecule has 1 aliphatic heterocycles. The Morgan fingerprint density at radius 1 is 1.28 bits per heavy atom. The van der Waals surface area contributed by atoms with Crippen LogP contribution in [0.2, 0.25) is 0 Å². The van der Waals surface area contributed by atoms with Crippen molar-refractivity contribution in [2.24, 2.45) is 5.92 Å². The lowest BCUT2D eigenvalue weighted by Crippen LogP contribution is -2.47. The maximum atomic E-state index is 12.9. The molecule has 0 saturated carbocycles. The van der Waals surface area contributed by atoms with Crippen molar-refractivity contribution in [3.8, 4) is 11.4 Å². The smallest absolute Gasteiger partial charge is 0.416 e. The van der Waals surface area contributed by atoms with Gasteiger partial charge < -0.3 is 14.4 Å². The summed E-state index contributed by atoms with van der Waals surface area (Å²) in [6, 6.07) is 4.85. The summed E-state index contributed by atoms with van der Waals surface area (Å²) in [5.41, 5.74) is -0.180. The Morgan fingerprint density at radius 3 is 2.55 bits per heavy atom. The van der Waals surface area contributed by atoms with Crippen LogP contribution in [0.5, 0.6) is 0 Å². The predicted molar refractivity (Wildman–Crippen MR) is 99.3 cm³/mol. The topological polar surface area (TPSA) is 69.5 Å². The highest BCUT2D eigenvalue weighted by atomic mass is 19.4. The molecule has 1 aromatic carbocycles. The van der Waals surface area contributed by atoms with Crippen LogP contribution in [-0.2, 0) is 27.0 Å². The summed E-state index contributed by atoms with van der Waals surface area (Å²) in [5.74, 6) is 0.803. The molecule has 0 amide bonds. The largest absolute Gasteiger partial charge is 0.467 e. The van der Waals surface area contributed by atoms with E-state index in [0.717, 1.165) is 12.1 Å². The number of carbonyl (C=O) groups excluding carboxylic acids is 1. The number of halogens is 3. The van der Waals surface area contributed by atoms with Gasteiger partial charge in [-0.25, -0.2) is 4.79 Å². The Kier molecular flexibility index (Phi) is 6.11. The molecular weight excluding hydrogens is 389 g/mol. The summed E-state index contributed by atoms with van der Waals surface area (Å²) in [6.07, 6.45) is -5.13. The molecule has 0 aliphatic carbocycles. The molecule has 2 aromatic rings. The number of benzene rings is 1. The number of ether oxygens (including phenoxy) is 2. The fourth-order valence-corrected chi connectivity index (χ4v) is 3.19. The van der Waals surface area contributed by atoms with Crippen LogP contribution >= 0.6 is 0 Å². The molecule has 3 rings (SSSR count). The van der Waals surface area contributed by atoms with Crippen molar-refractivity contribution in [1.82, 2.24) is 14.8 Å². The molecular formula is C19H23F3N4O3. The summed E-state index contributed by atoms with van der Waals surface area (Å²) in [5, 5.41) is 8.50. The van der Waals surface area contributed by atoms with Crippen LogP contribution in [0.1, 0.15) is 19.4 Å². The fourth-order valence-electron chi connectivity index (χ4n) is 3.19. The molecule has 0 bridgehead atoms. The zero-order chi connectivity index (χ0) is 21.2. The average molecular weight is 412 g/mol. The third kappa shape index (κ3) is 4.69. The minimum atomic E-state index is -4.40. The van der Waals surface area contributed by atoms with E-state index in [1.807, 2.05) is 23.3 Å². The van der Waals surface area contributed by atoms with Crippen molar-refractivity contribution >= 4 is 11.9 Å². The number of methoxy groups -OCH3 is 1. The summed E-state index contributed by atoms with van der Waals surface area (Å²) >= 11 is 0. The predicted octanol–water partition coefficient (Wildman–Crippen LogP) is 3.00. The van der Waals surface area contributed by atoms with Gasteiger partial charge in [-0.05, 0) is 18.1 Å². The number of nitrogens with zero attached hydrogens (tertiary/aromatic N) is 4. The lowest BCUT2D eigenvalue weighted by Gasteiger charge is -2.32. The molecule has 1 saturated heterocycles. The molecule has 29 heavy (non-hydrogen) atoms. The van der Waals surface area contributed by atoms with Crippen LogP contribution in [0.3, 0.4) is 0 Å². The van der Waals surface area contributed by atoms with Gasteiger partial charge in [0.05, 0.1) is 25.8 Å². The molecule has 158 valence electrons. The highest BCUT2D eigenvalue weighted by Gasteiger charge is 2.32. The van der Waals surface area contributed by atoms with Gasteiger partial charge in [0.1, 0.15) is 0 Å². The van der Waals surface area contributed by atoms with E-state index in [1.54, 1.807) is 0 Å². The fraction of sp³-hybridized carbons (Fsp3) is 0.526. The number of aromatic nitrogens is 3. The van der Waals surface area contributed by atoms with E-state index in [4.69, 9.17) is 9.47 Å². The maximum Gasteiger partial charge on any atom is 0.416 e. The second-order valence-corrected chi connectivity index (χ2v) is 7.23. The quantitative estimate of drug-likeness (QED) is 0.704. The Hall–Kier alpha value is -2.62. The first kappa shape index (κ1) is 21.1. The van der Waals surface area contributed by atoms with E-state index in [1.165, 1.54) is 19.2 Å².